The molecule has 0 N–H and O–H groups in total. The van der Waals surface area contributed by atoms with E-state index in [4.69, 9.17) is 4.98 Å². The van der Waals surface area contributed by atoms with Gasteiger partial charge in [0.05, 0.1) is 12.2 Å². The van der Waals surface area contributed by atoms with Gasteiger partial charge in [-0.3, -0.25) is 9.69 Å². The number of aromatic nitrogens is 1. The second-order valence-corrected chi connectivity index (χ2v) is 8.65. The third-order valence-corrected chi connectivity index (χ3v) is 6.22. The number of aryl methyl sites for hydroxylation is 1. The van der Waals surface area contributed by atoms with Crippen LogP contribution in [0.2, 0.25) is 0 Å². The average Bonchev–Trinajstić information content (AvgIpc) is 3.33. The first-order valence-electron chi connectivity index (χ1n) is 9.65. The fraction of sp³-hybridized carbons (Fsp3) is 0.524. The van der Waals surface area contributed by atoms with Gasteiger partial charge in [0, 0.05) is 30.6 Å². The summed E-state index contributed by atoms with van der Waals surface area (Å²) in [6, 6.07) is 7.29. The van der Waals surface area contributed by atoms with Gasteiger partial charge in [0.25, 0.3) is 0 Å². The number of hydrogen-bond donors (Lipinski definition) is 0. The largest absolute Gasteiger partial charge is 0.365 e. The van der Waals surface area contributed by atoms with Crippen LogP contribution in [0.5, 0.6) is 0 Å². The molecule has 1 aromatic heterocycles. The van der Waals surface area contributed by atoms with Crippen LogP contribution in [-0.2, 0) is 17.8 Å². The zero-order valence-electron chi connectivity index (χ0n) is 15.9. The number of benzene rings is 1. The molecular weight excluding hydrogens is 342 g/mol. The SMILES string of the molecule is CC(=O)N(c1nc(CN2CCCc3cc(C(C)C)ccc32)cs1)C1CC1. The van der Waals surface area contributed by atoms with Gasteiger partial charge in [-0.1, -0.05) is 26.0 Å². The predicted molar refractivity (Wildman–Crippen MR) is 108 cm³/mol. The minimum absolute atomic E-state index is 0.109. The molecule has 2 aliphatic rings. The third kappa shape index (κ3) is 3.50. The minimum atomic E-state index is 0.109. The normalized spacial score (nSPS) is 16.7. The van der Waals surface area contributed by atoms with Gasteiger partial charge < -0.3 is 4.90 Å². The number of carbonyl (C=O) groups excluding carboxylic acids is 1. The number of fused-ring (bicyclic) bond motifs is 1. The lowest BCUT2D eigenvalue weighted by molar-refractivity contribution is -0.116. The van der Waals surface area contributed by atoms with Gasteiger partial charge in [-0.05, 0) is 48.8 Å². The van der Waals surface area contributed by atoms with Crippen molar-refractivity contribution in [1.82, 2.24) is 4.98 Å². The van der Waals surface area contributed by atoms with Crippen molar-refractivity contribution in [2.75, 3.05) is 16.3 Å². The van der Waals surface area contributed by atoms with Crippen molar-refractivity contribution < 1.29 is 4.79 Å². The molecule has 0 spiro atoms. The molecule has 4 nitrogen and oxygen atoms in total. The number of anilines is 2. The molecule has 1 aliphatic carbocycles. The molecule has 0 bridgehead atoms. The van der Waals surface area contributed by atoms with Gasteiger partial charge in [0.15, 0.2) is 5.13 Å². The number of thiazole rings is 1. The fourth-order valence-electron chi connectivity index (χ4n) is 3.77. The quantitative estimate of drug-likeness (QED) is 0.764. The van der Waals surface area contributed by atoms with E-state index in [0.717, 1.165) is 43.2 Å². The Morgan fingerprint density at radius 2 is 2.19 bits per heavy atom. The summed E-state index contributed by atoms with van der Waals surface area (Å²) in [7, 11) is 0. The molecule has 1 aliphatic heterocycles. The lowest BCUT2D eigenvalue weighted by Gasteiger charge is -2.31. The number of amides is 1. The summed E-state index contributed by atoms with van der Waals surface area (Å²) in [6.07, 6.45) is 4.56. The average molecular weight is 370 g/mol. The number of carbonyl (C=O) groups is 1. The molecule has 1 aromatic carbocycles. The van der Waals surface area contributed by atoms with E-state index in [1.807, 2.05) is 4.90 Å². The highest BCUT2D eigenvalue weighted by atomic mass is 32.1. The van der Waals surface area contributed by atoms with E-state index in [1.54, 1.807) is 18.3 Å². The van der Waals surface area contributed by atoms with E-state index in [0.29, 0.717) is 12.0 Å². The first-order chi connectivity index (χ1) is 12.5. The third-order valence-electron chi connectivity index (χ3n) is 5.33. The van der Waals surface area contributed by atoms with E-state index in [9.17, 15) is 4.79 Å². The van der Waals surface area contributed by atoms with E-state index < -0.39 is 0 Å². The monoisotopic (exact) mass is 369 g/mol. The molecule has 0 unspecified atom stereocenters. The maximum atomic E-state index is 12.0. The molecule has 2 heterocycles. The van der Waals surface area contributed by atoms with Crippen molar-refractivity contribution in [3.05, 3.63) is 40.4 Å². The molecule has 1 saturated carbocycles. The highest BCUT2D eigenvalue weighted by molar-refractivity contribution is 7.14. The number of rotatable bonds is 5. The Morgan fingerprint density at radius 1 is 1.38 bits per heavy atom. The lowest BCUT2D eigenvalue weighted by atomic mass is 9.95. The van der Waals surface area contributed by atoms with Gasteiger partial charge >= 0.3 is 0 Å². The van der Waals surface area contributed by atoms with E-state index in [-0.39, 0.29) is 5.91 Å². The minimum Gasteiger partial charge on any atom is -0.365 e. The summed E-state index contributed by atoms with van der Waals surface area (Å²) in [5.41, 5.74) is 5.29. The van der Waals surface area contributed by atoms with Crippen LogP contribution in [0, 0.1) is 0 Å². The predicted octanol–water partition coefficient (Wildman–Crippen LogP) is 4.73. The topological polar surface area (TPSA) is 36.4 Å². The highest BCUT2D eigenvalue weighted by Gasteiger charge is 2.33. The maximum absolute atomic E-state index is 12.0. The van der Waals surface area contributed by atoms with Crippen LogP contribution in [0.3, 0.4) is 0 Å². The molecule has 2 aromatic rings. The van der Waals surface area contributed by atoms with Crippen LogP contribution < -0.4 is 9.80 Å². The van der Waals surface area contributed by atoms with Crippen LogP contribution >= 0.6 is 11.3 Å². The van der Waals surface area contributed by atoms with Crippen LogP contribution in [0.15, 0.2) is 23.6 Å². The molecule has 0 saturated heterocycles. The van der Waals surface area contributed by atoms with Crippen molar-refractivity contribution in [2.24, 2.45) is 0 Å². The van der Waals surface area contributed by atoms with Gasteiger partial charge in [0.1, 0.15) is 0 Å². The Bertz CT molecular complexity index is 809. The van der Waals surface area contributed by atoms with E-state index >= 15 is 0 Å². The Labute approximate surface area is 159 Å². The summed E-state index contributed by atoms with van der Waals surface area (Å²) in [6.45, 7) is 8.03. The van der Waals surface area contributed by atoms with E-state index in [1.165, 1.54) is 23.2 Å². The summed E-state index contributed by atoms with van der Waals surface area (Å²) < 4.78 is 0. The van der Waals surface area contributed by atoms with Gasteiger partial charge in [-0.2, -0.15) is 0 Å². The van der Waals surface area contributed by atoms with Gasteiger partial charge in [0.2, 0.25) is 5.91 Å². The Balaban J connectivity index is 1.53. The molecule has 138 valence electrons. The summed E-state index contributed by atoms with van der Waals surface area (Å²) in [5.74, 6) is 0.676. The Kier molecular flexibility index (Phi) is 4.74. The van der Waals surface area contributed by atoms with Crippen molar-refractivity contribution in [3.63, 3.8) is 0 Å². The zero-order valence-corrected chi connectivity index (χ0v) is 16.7. The molecule has 26 heavy (non-hydrogen) atoms. The molecule has 1 amide bonds. The smallest absolute Gasteiger partial charge is 0.225 e. The van der Waals surface area contributed by atoms with E-state index in [2.05, 4.69) is 42.3 Å². The Morgan fingerprint density at radius 3 is 2.88 bits per heavy atom. The Hall–Kier alpha value is -1.88. The van der Waals surface area contributed by atoms with Gasteiger partial charge in [-0.15, -0.1) is 11.3 Å². The molecule has 4 rings (SSSR count). The molecule has 0 atom stereocenters. The van der Waals surface area contributed by atoms with Crippen molar-refractivity contribution >= 4 is 28.1 Å². The zero-order chi connectivity index (χ0) is 18.3. The van der Waals surface area contributed by atoms with Crippen LogP contribution in [0.1, 0.15) is 62.8 Å². The molecule has 1 fully saturated rings. The standard InChI is InChI=1S/C21H27N3OS/c1-14(2)16-6-9-20-17(11-16)5-4-10-23(20)12-18-13-26-21(22-18)24(15(3)25)19-7-8-19/h6,9,11,13-14,19H,4-5,7-8,10,12H2,1-3H3. The second kappa shape index (κ2) is 7.03. The molecule has 5 heteroatoms. The lowest BCUT2D eigenvalue weighted by Crippen LogP contribution is -2.31. The summed E-state index contributed by atoms with van der Waals surface area (Å²) in [5, 5.41) is 2.98. The van der Waals surface area contributed by atoms with Crippen molar-refractivity contribution in [3.8, 4) is 0 Å². The fourth-order valence-corrected chi connectivity index (χ4v) is 4.70. The van der Waals surface area contributed by atoms with Crippen molar-refractivity contribution in [2.45, 2.75) is 65.0 Å². The van der Waals surface area contributed by atoms with Crippen LogP contribution in [0.4, 0.5) is 10.8 Å². The summed E-state index contributed by atoms with van der Waals surface area (Å²) in [4.78, 5) is 21.1. The van der Waals surface area contributed by atoms with Crippen LogP contribution in [-0.4, -0.2) is 23.5 Å². The first kappa shape index (κ1) is 17.5. The molecular formula is C21H27N3OS. The second-order valence-electron chi connectivity index (χ2n) is 7.81. The van der Waals surface area contributed by atoms with Gasteiger partial charge in [-0.25, -0.2) is 4.98 Å². The highest BCUT2D eigenvalue weighted by Crippen LogP contribution is 2.35. The first-order valence-corrected chi connectivity index (χ1v) is 10.5. The number of nitrogens with zero attached hydrogens (tertiary/aromatic N) is 3. The molecule has 0 radical (unpaired) electrons. The van der Waals surface area contributed by atoms with Crippen LogP contribution in [0.25, 0.3) is 0 Å². The van der Waals surface area contributed by atoms with Crippen molar-refractivity contribution in [1.29, 1.82) is 0 Å². The number of hydrogen-bond acceptors (Lipinski definition) is 4. The summed E-state index contributed by atoms with van der Waals surface area (Å²) >= 11 is 1.60. The maximum Gasteiger partial charge on any atom is 0.225 e.